The summed E-state index contributed by atoms with van der Waals surface area (Å²) < 4.78 is 0. The fourth-order valence-corrected chi connectivity index (χ4v) is 4.90. The van der Waals surface area contributed by atoms with E-state index in [0.717, 1.165) is 12.2 Å². The Labute approximate surface area is 180 Å². The molecule has 1 aromatic rings. The fourth-order valence-electron chi connectivity index (χ4n) is 3.77. The smallest absolute Gasteiger partial charge is 0.0470 e. The lowest BCUT2D eigenvalue weighted by Gasteiger charge is -2.13. The first-order chi connectivity index (χ1) is 13.9. The molecule has 0 radical (unpaired) electrons. The van der Waals surface area contributed by atoms with Gasteiger partial charge in [-0.25, -0.2) is 0 Å². The van der Waals surface area contributed by atoms with Gasteiger partial charge in [0.1, 0.15) is 0 Å². The first-order valence-electron chi connectivity index (χ1n) is 12.1. The molecule has 1 nitrogen and oxygen atoms in total. The summed E-state index contributed by atoms with van der Waals surface area (Å²) in [6.45, 7) is 2.60. The summed E-state index contributed by atoms with van der Waals surface area (Å²) >= 11 is 2.03. The zero-order valence-electron chi connectivity index (χ0n) is 18.5. The van der Waals surface area contributed by atoms with E-state index in [2.05, 4.69) is 37.3 Å². The minimum absolute atomic E-state index is 0.306. The summed E-state index contributed by atoms with van der Waals surface area (Å²) in [7, 11) is 0. The molecule has 0 saturated carbocycles. The van der Waals surface area contributed by atoms with Crippen LogP contribution in [0.25, 0.3) is 0 Å². The number of hydrogen-bond acceptors (Lipinski definition) is 2. The van der Waals surface area contributed by atoms with Gasteiger partial charge in [0.05, 0.1) is 0 Å². The van der Waals surface area contributed by atoms with Crippen molar-refractivity contribution in [3.8, 4) is 0 Å². The van der Waals surface area contributed by atoms with Crippen molar-refractivity contribution in [1.82, 2.24) is 0 Å². The maximum atomic E-state index is 9.60. The van der Waals surface area contributed by atoms with Crippen molar-refractivity contribution < 1.29 is 5.11 Å². The van der Waals surface area contributed by atoms with Gasteiger partial charge in [-0.15, -0.1) is 0 Å². The summed E-state index contributed by atoms with van der Waals surface area (Å²) in [6.07, 6.45) is 20.9. The average molecular weight is 407 g/mol. The normalized spacial score (nSPS) is 12.4. The average Bonchev–Trinajstić information content (AvgIpc) is 2.73. The lowest BCUT2D eigenvalue weighted by molar-refractivity contribution is 0.239. The molecule has 0 spiro atoms. The van der Waals surface area contributed by atoms with E-state index in [9.17, 15) is 5.11 Å². The van der Waals surface area contributed by atoms with Crippen LogP contribution in [0.2, 0.25) is 0 Å². The highest BCUT2D eigenvalue weighted by Gasteiger charge is 2.08. The molecule has 1 unspecified atom stereocenters. The number of benzene rings is 1. The van der Waals surface area contributed by atoms with Crippen LogP contribution in [-0.4, -0.2) is 23.2 Å². The number of aliphatic hydroxyl groups is 1. The molecule has 2 heteroatoms. The van der Waals surface area contributed by atoms with Gasteiger partial charge in [0.15, 0.2) is 0 Å². The Kier molecular flexibility index (Phi) is 18.1. The maximum absolute atomic E-state index is 9.60. The van der Waals surface area contributed by atoms with Crippen molar-refractivity contribution in [1.29, 1.82) is 0 Å². The third-order valence-corrected chi connectivity index (χ3v) is 6.91. The lowest BCUT2D eigenvalue weighted by atomic mass is 10.0. The predicted molar refractivity (Wildman–Crippen MR) is 128 cm³/mol. The van der Waals surface area contributed by atoms with Gasteiger partial charge in [-0.1, -0.05) is 121 Å². The molecule has 0 aromatic heterocycles. The van der Waals surface area contributed by atoms with Crippen LogP contribution in [0.4, 0.5) is 0 Å². The van der Waals surface area contributed by atoms with Crippen molar-refractivity contribution in [3.63, 3.8) is 0 Å². The van der Waals surface area contributed by atoms with Gasteiger partial charge in [0, 0.05) is 6.61 Å². The Hall–Kier alpha value is -0.470. The van der Waals surface area contributed by atoms with Gasteiger partial charge in [-0.3, -0.25) is 0 Å². The van der Waals surface area contributed by atoms with Crippen LogP contribution < -0.4 is 0 Å². The van der Waals surface area contributed by atoms with E-state index in [0.29, 0.717) is 12.5 Å². The van der Waals surface area contributed by atoms with Crippen molar-refractivity contribution in [2.75, 3.05) is 18.1 Å². The molecule has 0 saturated heterocycles. The third-order valence-electron chi connectivity index (χ3n) is 5.62. The van der Waals surface area contributed by atoms with E-state index in [1.807, 2.05) is 11.8 Å². The molecule has 0 bridgehead atoms. The lowest BCUT2D eigenvalue weighted by Crippen LogP contribution is -2.12. The SMILES string of the molecule is CCCCCCCCCCCCCCCCSCC(CO)Cc1ccccc1. The molecular formula is C26H46OS. The van der Waals surface area contributed by atoms with Gasteiger partial charge >= 0.3 is 0 Å². The van der Waals surface area contributed by atoms with E-state index in [-0.39, 0.29) is 0 Å². The minimum atomic E-state index is 0.306. The first kappa shape index (κ1) is 25.6. The van der Waals surface area contributed by atoms with Gasteiger partial charge in [0.2, 0.25) is 0 Å². The molecule has 0 fully saturated rings. The Morgan fingerprint density at radius 2 is 1.21 bits per heavy atom. The fraction of sp³-hybridized carbons (Fsp3) is 0.769. The monoisotopic (exact) mass is 406 g/mol. The van der Waals surface area contributed by atoms with Gasteiger partial charge in [-0.2, -0.15) is 11.8 Å². The topological polar surface area (TPSA) is 20.2 Å². The molecule has 1 rings (SSSR count). The Bertz CT molecular complexity index is 420. The highest BCUT2D eigenvalue weighted by Crippen LogP contribution is 2.17. The summed E-state index contributed by atoms with van der Waals surface area (Å²) in [4.78, 5) is 0. The molecule has 0 heterocycles. The van der Waals surface area contributed by atoms with Crippen molar-refractivity contribution in [2.24, 2.45) is 5.92 Å². The summed E-state index contributed by atoms with van der Waals surface area (Å²) in [5.74, 6) is 2.74. The van der Waals surface area contributed by atoms with Crippen LogP contribution in [0.15, 0.2) is 30.3 Å². The van der Waals surface area contributed by atoms with Crippen molar-refractivity contribution in [3.05, 3.63) is 35.9 Å². The standard InChI is InChI=1S/C26H46OS/c1-2-3-4-5-6-7-8-9-10-11-12-13-14-18-21-28-24-26(23-27)22-25-19-16-15-17-20-25/h15-17,19-20,26-27H,2-14,18,21-24H2,1H3. The second-order valence-corrected chi connectivity index (χ2v) is 9.56. The van der Waals surface area contributed by atoms with Crippen LogP contribution >= 0.6 is 11.8 Å². The Morgan fingerprint density at radius 1 is 0.714 bits per heavy atom. The summed E-state index contributed by atoms with van der Waals surface area (Å²) in [5.41, 5.74) is 1.35. The van der Waals surface area contributed by atoms with E-state index in [1.54, 1.807) is 0 Å². The highest BCUT2D eigenvalue weighted by molar-refractivity contribution is 7.99. The molecule has 0 aliphatic heterocycles. The van der Waals surface area contributed by atoms with Crippen molar-refractivity contribution in [2.45, 2.75) is 103 Å². The molecule has 1 atom stereocenters. The molecular weight excluding hydrogens is 360 g/mol. The number of thioether (sulfide) groups is 1. The number of rotatable bonds is 20. The quantitative estimate of drug-likeness (QED) is 0.221. The second kappa shape index (κ2) is 19.8. The molecule has 162 valence electrons. The third kappa shape index (κ3) is 15.5. The van der Waals surface area contributed by atoms with Crippen molar-refractivity contribution >= 4 is 11.8 Å². The number of unbranched alkanes of at least 4 members (excludes halogenated alkanes) is 13. The van der Waals surface area contributed by atoms with E-state index in [1.165, 1.54) is 101 Å². The van der Waals surface area contributed by atoms with Crippen LogP contribution in [0.3, 0.4) is 0 Å². The number of aliphatic hydroxyl groups excluding tert-OH is 1. The van der Waals surface area contributed by atoms with Crippen LogP contribution in [0, 0.1) is 5.92 Å². The molecule has 0 aliphatic carbocycles. The largest absolute Gasteiger partial charge is 0.396 e. The van der Waals surface area contributed by atoms with E-state index < -0.39 is 0 Å². The molecule has 1 N–H and O–H groups in total. The van der Waals surface area contributed by atoms with Gasteiger partial charge < -0.3 is 5.11 Å². The Morgan fingerprint density at radius 3 is 1.71 bits per heavy atom. The minimum Gasteiger partial charge on any atom is -0.396 e. The first-order valence-corrected chi connectivity index (χ1v) is 13.2. The zero-order chi connectivity index (χ0) is 20.1. The molecule has 28 heavy (non-hydrogen) atoms. The van der Waals surface area contributed by atoms with Gasteiger partial charge in [0.25, 0.3) is 0 Å². The summed E-state index contributed by atoms with van der Waals surface area (Å²) in [6, 6.07) is 10.6. The van der Waals surface area contributed by atoms with Crippen LogP contribution in [0.5, 0.6) is 0 Å². The van der Waals surface area contributed by atoms with Crippen LogP contribution in [0.1, 0.15) is 102 Å². The van der Waals surface area contributed by atoms with Gasteiger partial charge in [-0.05, 0) is 35.8 Å². The molecule has 1 aromatic carbocycles. The maximum Gasteiger partial charge on any atom is 0.0470 e. The van der Waals surface area contributed by atoms with E-state index in [4.69, 9.17) is 0 Å². The summed E-state index contributed by atoms with van der Waals surface area (Å²) in [5, 5.41) is 9.60. The highest BCUT2D eigenvalue weighted by atomic mass is 32.2. The predicted octanol–water partition coefficient (Wildman–Crippen LogP) is 8.05. The van der Waals surface area contributed by atoms with E-state index >= 15 is 0 Å². The molecule has 0 aliphatic rings. The molecule has 0 amide bonds. The second-order valence-electron chi connectivity index (χ2n) is 8.41. The number of hydrogen-bond donors (Lipinski definition) is 1. The van der Waals surface area contributed by atoms with Crippen LogP contribution in [-0.2, 0) is 6.42 Å². The Balaban J connectivity index is 1.81. The zero-order valence-corrected chi connectivity index (χ0v) is 19.4.